The van der Waals surface area contributed by atoms with Gasteiger partial charge in [-0.1, -0.05) is 18.2 Å². The second kappa shape index (κ2) is 10.0. The Hall–Kier alpha value is -2.83. The van der Waals surface area contributed by atoms with Crippen molar-refractivity contribution >= 4 is 23.7 Å². The van der Waals surface area contributed by atoms with Gasteiger partial charge in [-0.3, -0.25) is 0 Å². The summed E-state index contributed by atoms with van der Waals surface area (Å²) in [6, 6.07) is 8.16. The third-order valence-corrected chi connectivity index (χ3v) is 2.59. The average molecular weight is 334 g/mol. The van der Waals surface area contributed by atoms with Crippen molar-refractivity contribution in [2.24, 2.45) is 0 Å². The van der Waals surface area contributed by atoms with E-state index >= 15 is 0 Å². The highest BCUT2D eigenvalue weighted by Crippen LogP contribution is 2.04. The highest BCUT2D eigenvalue weighted by atomic mass is 16.5. The van der Waals surface area contributed by atoms with E-state index in [4.69, 9.17) is 9.47 Å². The zero-order chi connectivity index (χ0) is 17.9. The number of anilines is 1. The molecule has 0 aliphatic rings. The molecule has 1 unspecified atom stereocenters. The Bertz CT molecular complexity index is 584. The fraction of sp³-hybridized carbons (Fsp3) is 0.353. The molecule has 7 nitrogen and oxygen atoms in total. The summed E-state index contributed by atoms with van der Waals surface area (Å²) >= 11 is 0. The Morgan fingerprint density at radius 2 is 1.67 bits per heavy atom. The van der Waals surface area contributed by atoms with Crippen LogP contribution in [0.5, 0.6) is 0 Å². The molecule has 0 radical (unpaired) electrons. The predicted molar refractivity (Wildman–Crippen MR) is 89.4 cm³/mol. The SMILES string of the molecule is CC(COC(=O)C=CC(=O)OC(C)C)NC(=O)Nc1ccccc1. The first-order chi connectivity index (χ1) is 11.4. The number of amides is 2. The first-order valence-electron chi connectivity index (χ1n) is 7.55. The van der Waals surface area contributed by atoms with Crippen molar-refractivity contribution in [3.63, 3.8) is 0 Å². The number of benzene rings is 1. The van der Waals surface area contributed by atoms with Gasteiger partial charge in [0, 0.05) is 17.8 Å². The van der Waals surface area contributed by atoms with Crippen LogP contribution in [0.2, 0.25) is 0 Å². The van der Waals surface area contributed by atoms with Crippen LogP contribution in [-0.4, -0.2) is 36.7 Å². The Labute approximate surface area is 141 Å². The van der Waals surface area contributed by atoms with Crippen LogP contribution in [0, 0.1) is 0 Å². The molecular weight excluding hydrogens is 312 g/mol. The number of carbonyl (C=O) groups is 3. The van der Waals surface area contributed by atoms with Crippen molar-refractivity contribution in [3.05, 3.63) is 42.5 Å². The van der Waals surface area contributed by atoms with E-state index in [0.29, 0.717) is 5.69 Å². The largest absolute Gasteiger partial charge is 0.460 e. The maximum Gasteiger partial charge on any atom is 0.331 e. The monoisotopic (exact) mass is 334 g/mol. The predicted octanol–water partition coefficient (Wildman–Crippen LogP) is 2.25. The van der Waals surface area contributed by atoms with Crippen LogP contribution in [-0.2, 0) is 19.1 Å². The van der Waals surface area contributed by atoms with E-state index in [1.807, 2.05) is 6.07 Å². The summed E-state index contributed by atoms with van der Waals surface area (Å²) in [7, 11) is 0. The number of nitrogens with one attached hydrogen (secondary N) is 2. The van der Waals surface area contributed by atoms with Gasteiger partial charge in [-0.05, 0) is 32.9 Å². The standard InChI is InChI=1S/C17H22N2O5/c1-12(2)24-16(21)10-9-15(20)23-11-13(3)18-17(22)19-14-7-5-4-6-8-14/h4-10,12-13H,11H2,1-3H3,(H2,18,19,22). The number of carbonyl (C=O) groups excluding carboxylic acids is 3. The summed E-state index contributed by atoms with van der Waals surface area (Å²) in [6.45, 7) is 5.08. The third-order valence-electron chi connectivity index (χ3n) is 2.59. The molecule has 0 bridgehead atoms. The molecule has 1 atom stereocenters. The van der Waals surface area contributed by atoms with Gasteiger partial charge >= 0.3 is 18.0 Å². The van der Waals surface area contributed by atoms with Gasteiger partial charge in [-0.2, -0.15) is 0 Å². The number of para-hydroxylation sites is 1. The van der Waals surface area contributed by atoms with E-state index in [-0.39, 0.29) is 12.7 Å². The van der Waals surface area contributed by atoms with E-state index < -0.39 is 24.0 Å². The molecule has 0 aromatic heterocycles. The number of ether oxygens (including phenoxy) is 2. The van der Waals surface area contributed by atoms with Crippen LogP contribution < -0.4 is 10.6 Å². The fourth-order valence-electron chi connectivity index (χ4n) is 1.62. The fourth-order valence-corrected chi connectivity index (χ4v) is 1.62. The summed E-state index contributed by atoms with van der Waals surface area (Å²) in [4.78, 5) is 34.4. The topological polar surface area (TPSA) is 93.7 Å². The molecule has 2 N–H and O–H groups in total. The second-order valence-electron chi connectivity index (χ2n) is 5.31. The van der Waals surface area contributed by atoms with Gasteiger partial charge in [0.15, 0.2) is 0 Å². The molecule has 130 valence electrons. The smallest absolute Gasteiger partial charge is 0.331 e. The van der Waals surface area contributed by atoms with Crippen LogP contribution in [0.3, 0.4) is 0 Å². The lowest BCUT2D eigenvalue weighted by atomic mass is 10.3. The Balaban J connectivity index is 2.28. The highest BCUT2D eigenvalue weighted by molar-refractivity contribution is 5.92. The minimum absolute atomic E-state index is 0.0232. The number of esters is 2. The molecule has 7 heteroatoms. The number of urea groups is 1. The Morgan fingerprint density at radius 1 is 1.04 bits per heavy atom. The van der Waals surface area contributed by atoms with E-state index in [2.05, 4.69) is 10.6 Å². The molecule has 24 heavy (non-hydrogen) atoms. The van der Waals surface area contributed by atoms with Crippen molar-refractivity contribution < 1.29 is 23.9 Å². The van der Waals surface area contributed by atoms with Crippen LogP contribution in [0.25, 0.3) is 0 Å². The molecule has 1 aromatic rings. The quantitative estimate of drug-likeness (QED) is 0.589. The zero-order valence-electron chi connectivity index (χ0n) is 13.9. The lowest BCUT2D eigenvalue weighted by Gasteiger charge is -2.14. The first-order valence-corrected chi connectivity index (χ1v) is 7.55. The van der Waals surface area contributed by atoms with Crippen LogP contribution in [0.15, 0.2) is 42.5 Å². The summed E-state index contributed by atoms with van der Waals surface area (Å²) in [5, 5.41) is 5.28. The molecule has 0 spiro atoms. The summed E-state index contributed by atoms with van der Waals surface area (Å²) in [5.74, 6) is -1.30. The summed E-state index contributed by atoms with van der Waals surface area (Å²) in [6.07, 6.45) is 1.73. The van der Waals surface area contributed by atoms with Gasteiger partial charge in [0.25, 0.3) is 0 Å². The normalized spacial score (nSPS) is 11.8. The second-order valence-corrected chi connectivity index (χ2v) is 5.31. The molecule has 0 aliphatic carbocycles. The van der Waals surface area contributed by atoms with Crippen molar-refractivity contribution in [3.8, 4) is 0 Å². The lowest BCUT2D eigenvalue weighted by molar-refractivity contribution is -0.143. The van der Waals surface area contributed by atoms with Gasteiger partial charge in [0.1, 0.15) is 6.61 Å². The molecule has 0 heterocycles. The maximum atomic E-state index is 11.7. The van der Waals surface area contributed by atoms with Gasteiger partial charge in [0.05, 0.1) is 12.1 Å². The Kier molecular flexibility index (Phi) is 8.04. The van der Waals surface area contributed by atoms with E-state index in [1.165, 1.54) is 0 Å². The van der Waals surface area contributed by atoms with Gasteiger partial charge in [-0.25, -0.2) is 14.4 Å². The van der Waals surface area contributed by atoms with Crippen molar-refractivity contribution in [2.45, 2.75) is 32.9 Å². The van der Waals surface area contributed by atoms with Gasteiger partial charge in [0.2, 0.25) is 0 Å². The molecule has 1 aromatic carbocycles. The van der Waals surface area contributed by atoms with E-state index in [0.717, 1.165) is 12.2 Å². The van der Waals surface area contributed by atoms with Crippen LogP contribution in [0.1, 0.15) is 20.8 Å². The third kappa shape index (κ3) is 8.57. The van der Waals surface area contributed by atoms with Gasteiger partial charge in [-0.15, -0.1) is 0 Å². The molecule has 0 fully saturated rings. The minimum Gasteiger partial charge on any atom is -0.460 e. The molecule has 2 amide bonds. The van der Waals surface area contributed by atoms with E-state index in [1.54, 1.807) is 45.0 Å². The van der Waals surface area contributed by atoms with E-state index in [9.17, 15) is 14.4 Å². The molecular formula is C17H22N2O5. The molecule has 0 saturated heterocycles. The number of hydrogen-bond acceptors (Lipinski definition) is 5. The highest BCUT2D eigenvalue weighted by Gasteiger charge is 2.10. The van der Waals surface area contributed by atoms with Crippen molar-refractivity contribution in [1.29, 1.82) is 0 Å². The van der Waals surface area contributed by atoms with Crippen molar-refractivity contribution in [2.75, 3.05) is 11.9 Å². The average Bonchev–Trinajstić information content (AvgIpc) is 2.51. The van der Waals surface area contributed by atoms with Crippen LogP contribution in [0.4, 0.5) is 10.5 Å². The molecule has 0 saturated carbocycles. The number of rotatable bonds is 7. The molecule has 1 rings (SSSR count). The maximum absolute atomic E-state index is 11.7. The Morgan fingerprint density at radius 3 is 2.29 bits per heavy atom. The number of hydrogen-bond donors (Lipinski definition) is 2. The van der Waals surface area contributed by atoms with Crippen molar-refractivity contribution in [1.82, 2.24) is 5.32 Å². The van der Waals surface area contributed by atoms with Gasteiger partial charge < -0.3 is 20.1 Å². The zero-order valence-corrected chi connectivity index (χ0v) is 13.9. The molecule has 0 aliphatic heterocycles. The summed E-state index contributed by atoms with van der Waals surface area (Å²) < 4.78 is 9.77. The summed E-state index contributed by atoms with van der Waals surface area (Å²) in [5.41, 5.74) is 0.658. The first kappa shape index (κ1) is 19.2. The van der Waals surface area contributed by atoms with Crippen LogP contribution >= 0.6 is 0 Å². The lowest BCUT2D eigenvalue weighted by Crippen LogP contribution is -2.39. The minimum atomic E-state index is -0.687.